The zero-order chi connectivity index (χ0) is 14.0. The molecule has 0 saturated carbocycles. The molecule has 1 aromatic carbocycles. The van der Waals surface area contributed by atoms with Crippen LogP contribution >= 0.6 is 0 Å². The maximum absolute atomic E-state index is 10.9. The fourth-order valence-corrected chi connectivity index (χ4v) is 2.25. The minimum absolute atomic E-state index is 0.129. The van der Waals surface area contributed by atoms with Gasteiger partial charge in [-0.3, -0.25) is 9.59 Å². The molecular formula is C14H18O4. The van der Waals surface area contributed by atoms with Crippen LogP contribution < -0.4 is 0 Å². The van der Waals surface area contributed by atoms with Crippen molar-refractivity contribution in [3.05, 3.63) is 33.4 Å². The van der Waals surface area contributed by atoms with Gasteiger partial charge in [-0.2, -0.15) is 0 Å². The van der Waals surface area contributed by atoms with Crippen LogP contribution in [0.1, 0.15) is 33.4 Å². The first-order valence-electron chi connectivity index (χ1n) is 5.77. The van der Waals surface area contributed by atoms with E-state index in [0.717, 1.165) is 22.3 Å². The number of carbonyl (C=O) groups is 2. The van der Waals surface area contributed by atoms with E-state index < -0.39 is 11.9 Å². The third kappa shape index (κ3) is 2.70. The number of benzene rings is 1. The molecule has 98 valence electrons. The summed E-state index contributed by atoms with van der Waals surface area (Å²) >= 11 is 0. The van der Waals surface area contributed by atoms with Gasteiger partial charge in [-0.15, -0.1) is 0 Å². The lowest BCUT2D eigenvalue weighted by molar-refractivity contribution is -0.137. The van der Waals surface area contributed by atoms with Gasteiger partial charge in [0, 0.05) is 0 Å². The minimum atomic E-state index is -0.938. The maximum atomic E-state index is 10.9. The SMILES string of the molecule is Cc1c(C)c(C)c(CC(=O)O)c(CC(=O)O)c1C. The Balaban J connectivity index is 3.52. The molecule has 0 fully saturated rings. The van der Waals surface area contributed by atoms with Crippen molar-refractivity contribution in [1.29, 1.82) is 0 Å². The number of carboxylic acid groups (broad SMARTS) is 2. The number of carboxylic acids is 2. The third-order valence-electron chi connectivity index (χ3n) is 3.61. The van der Waals surface area contributed by atoms with Crippen molar-refractivity contribution in [3.8, 4) is 0 Å². The van der Waals surface area contributed by atoms with E-state index in [9.17, 15) is 9.59 Å². The zero-order valence-electron chi connectivity index (χ0n) is 11.1. The second-order valence-corrected chi connectivity index (χ2v) is 4.60. The highest BCUT2D eigenvalue weighted by Gasteiger charge is 2.18. The molecule has 0 atom stereocenters. The normalized spacial score (nSPS) is 10.4. The fraction of sp³-hybridized carbons (Fsp3) is 0.429. The van der Waals surface area contributed by atoms with Gasteiger partial charge in [-0.05, 0) is 61.1 Å². The van der Waals surface area contributed by atoms with Crippen LogP contribution in [0.15, 0.2) is 0 Å². The summed E-state index contributed by atoms with van der Waals surface area (Å²) in [5.74, 6) is -1.88. The number of hydrogen-bond acceptors (Lipinski definition) is 2. The molecule has 0 unspecified atom stereocenters. The van der Waals surface area contributed by atoms with E-state index >= 15 is 0 Å². The molecule has 18 heavy (non-hydrogen) atoms. The predicted octanol–water partition coefficient (Wildman–Crippen LogP) is 2.17. The van der Waals surface area contributed by atoms with Crippen LogP contribution in [0.5, 0.6) is 0 Å². The van der Waals surface area contributed by atoms with Gasteiger partial charge >= 0.3 is 11.9 Å². The molecule has 4 nitrogen and oxygen atoms in total. The van der Waals surface area contributed by atoms with E-state index in [1.165, 1.54) is 0 Å². The molecule has 1 rings (SSSR count). The second-order valence-electron chi connectivity index (χ2n) is 4.60. The fourth-order valence-electron chi connectivity index (χ4n) is 2.25. The summed E-state index contributed by atoms with van der Waals surface area (Å²) in [6.07, 6.45) is -0.257. The van der Waals surface area contributed by atoms with Crippen LogP contribution in [-0.2, 0) is 22.4 Å². The summed E-state index contributed by atoms with van der Waals surface area (Å²) < 4.78 is 0. The Morgan fingerprint density at radius 1 is 0.722 bits per heavy atom. The highest BCUT2D eigenvalue weighted by molar-refractivity contribution is 5.76. The Morgan fingerprint density at radius 3 is 1.22 bits per heavy atom. The van der Waals surface area contributed by atoms with E-state index in [1.54, 1.807) is 0 Å². The average molecular weight is 250 g/mol. The molecule has 0 spiro atoms. The van der Waals surface area contributed by atoms with E-state index in [0.29, 0.717) is 11.1 Å². The first-order chi connectivity index (χ1) is 8.25. The molecule has 0 aliphatic heterocycles. The Hall–Kier alpha value is -1.84. The Bertz CT molecular complexity index is 468. The van der Waals surface area contributed by atoms with Crippen molar-refractivity contribution in [2.24, 2.45) is 0 Å². The first kappa shape index (κ1) is 14.2. The average Bonchev–Trinajstić information content (AvgIpc) is 2.27. The summed E-state index contributed by atoms with van der Waals surface area (Å²) in [6.45, 7) is 7.58. The van der Waals surface area contributed by atoms with Gasteiger partial charge in [0.2, 0.25) is 0 Å². The smallest absolute Gasteiger partial charge is 0.307 e. The molecule has 0 saturated heterocycles. The van der Waals surface area contributed by atoms with Gasteiger partial charge in [0.15, 0.2) is 0 Å². The van der Waals surface area contributed by atoms with Crippen molar-refractivity contribution < 1.29 is 19.8 Å². The van der Waals surface area contributed by atoms with Gasteiger partial charge in [0.25, 0.3) is 0 Å². The van der Waals surface area contributed by atoms with Gasteiger partial charge in [0.05, 0.1) is 12.8 Å². The van der Waals surface area contributed by atoms with Crippen molar-refractivity contribution in [2.75, 3.05) is 0 Å². The predicted molar refractivity (Wildman–Crippen MR) is 68.1 cm³/mol. The molecule has 0 amide bonds. The number of rotatable bonds is 4. The molecule has 0 bridgehead atoms. The van der Waals surface area contributed by atoms with E-state index in [4.69, 9.17) is 10.2 Å². The van der Waals surface area contributed by atoms with Crippen LogP contribution in [0, 0.1) is 27.7 Å². The Kier molecular flexibility index (Phi) is 4.11. The summed E-state index contributed by atoms with van der Waals surface area (Å²) in [5.41, 5.74) is 5.14. The highest BCUT2D eigenvalue weighted by atomic mass is 16.4. The van der Waals surface area contributed by atoms with Gasteiger partial charge < -0.3 is 10.2 Å². The van der Waals surface area contributed by atoms with E-state index in [2.05, 4.69) is 0 Å². The molecule has 2 N–H and O–H groups in total. The number of aliphatic carboxylic acids is 2. The van der Waals surface area contributed by atoms with E-state index in [-0.39, 0.29) is 12.8 Å². The van der Waals surface area contributed by atoms with Crippen LogP contribution in [-0.4, -0.2) is 22.2 Å². The summed E-state index contributed by atoms with van der Waals surface area (Å²) in [7, 11) is 0. The first-order valence-corrected chi connectivity index (χ1v) is 5.77. The molecule has 0 aliphatic carbocycles. The zero-order valence-corrected chi connectivity index (χ0v) is 11.1. The lowest BCUT2D eigenvalue weighted by Crippen LogP contribution is -2.13. The number of hydrogen-bond donors (Lipinski definition) is 2. The maximum Gasteiger partial charge on any atom is 0.307 e. The van der Waals surface area contributed by atoms with Crippen LogP contribution in [0.3, 0.4) is 0 Å². The second kappa shape index (κ2) is 5.21. The van der Waals surface area contributed by atoms with Crippen LogP contribution in [0.25, 0.3) is 0 Å². The summed E-state index contributed by atoms with van der Waals surface area (Å²) in [4.78, 5) is 21.8. The van der Waals surface area contributed by atoms with Crippen LogP contribution in [0.4, 0.5) is 0 Å². The lowest BCUT2D eigenvalue weighted by atomic mass is 9.86. The Morgan fingerprint density at radius 2 is 1.00 bits per heavy atom. The Labute approximate surface area is 106 Å². The minimum Gasteiger partial charge on any atom is -0.481 e. The molecule has 0 heterocycles. The molecule has 0 aromatic heterocycles. The largest absolute Gasteiger partial charge is 0.481 e. The van der Waals surface area contributed by atoms with Gasteiger partial charge in [-0.1, -0.05) is 0 Å². The summed E-state index contributed by atoms with van der Waals surface area (Å²) in [5, 5.41) is 17.9. The van der Waals surface area contributed by atoms with Crippen molar-refractivity contribution in [2.45, 2.75) is 40.5 Å². The molecule has 1 aromatic rings. The highest BCUT2D eigenvalue weighted by Crippen LogP contribution is 2.27. The molecule has 4 heteroatoms. The van der Waals surface area contributed by atoms with Crippen molar-refractivity contribution in [1.82, 2.24) is 0 Å². The molecule has 0 radical (unpaired) electrons. The van der Waals surface area contributed by atoms with Gasteiger partial charge in [-0.25, -0.2) is 0 Å². The van der Waals surface area contributed by atoms with Gasteiger partial charge in [0.1, 0.15) is 0 Å². The van der Waals surface area contributed by atoms with E-state index in [1.807, 2.05) is 27.7 Å². The molecule has 0 aliphatic rings. The lowest BCUT2D eigenvalue weighted by Gasteiger charge is -2.19. The van der Waals surface area contributed by atoms with Crippen molar-refractivity contribution >= 4 is 11.9 Å². The third-order valence-corrected chi connectivity index (χ3v) is 3.61. The van der Waals surface area contributed by atoms with Crippen LogP contribution in [0.2, 0.25) is 0 Å². The standard InChI is InChI=1S/C14H18O4/c1-7-8(2)10(4)12(6-14(17)18)11(9(7)3)5-13(15)16/h5-6H2,1-4H3,(H,15,16)(H,17,18). The topological polar surface area (TPSA) is 74.6 Å². The quantitative estimate of drug-likeness (QED) is 0.858. The monoisotopic (exact) mass is 250 g/mol. The molecular weight excluding hydrogens is 232 g/mol. The summed E-state index contributed by atoms with van der Waals surface area (Å²) in [6, 6.07) is 0. The van der Waals surface area contributed by atoms with Crippen molar-refractivity contribution in [3.63, 3.8) is 0 Å².